The smallest absolute Gasteiger partial charge is 0.481 e. The second-order valence-electron chi connectivity index (χ2n) is 7.50. The Balaban J connectivity index is 1.51. The number of carbonyl (C=O) groups is 2. The van der Waals surface area contributed by atoms with Crippen molar-refractivity contribution in [2.24, 2.45) is 0 Å². The highest BCUT2D eigenvalue weighted by molar-refractivity contribution is 5.76. The van der Waals surface area contributed by atoms with Crippen LogP contribution in [0.2, 0.25) is 0 Å². The molecule has 1 N–H and O–H groups in total. The number of benzene rings is 3. The molecule has 0 saturated carbocycles. The lowest BCUT2D eigenvalue weighted by atomic mass is 9.91. The molecule has 0 fully saturated rings. The number of rotatable bonds is 7. The molecule has 0 radical (unpaired) electrons. The normalized spacial score (nSPS) is 13.1. The van der Waals surface area contributed by atoms with Crippen LogP contribution in [0.5, 0.6) is 5.75 Å². The lowest BCUT2D eigenvalue weighted by Crippen LogP contribution is -2.33. The minimum atomic E-state index is -1.13. The molecule has 0 bridgehead atoms. The van der Waals surface area contributed by atoms with Gasteiger partial charge in [-0.25, -0.2) is 14.0 Å². The summed E-state index contributed by atoms with van der Waals surface area (Å²) >= 11 is 0. The molecule has 1 aliphatic heterocycles. The van der Waals surface area contributed by atoms with Crippen molar-refractivity contribution in [2.45, 2.75) is 19.6 Å². The average molecular weight is 451 g/mol. The first kappa shape index (κ1) is 22.3. The van der Waals surface area contributed by atoms with E-state index < -0.39 is 24.5 Å². The maximum atomic E-state index is 14.1. The van der Waals surface area contributed by atoms with Crippen LogP contribution < -0.4 is 4.74 Å². The van der Waals surface area contributed by atoms with E-state index >= 15 is 0 Å². The first-order valence-corrected chi connectivity index (χ1v) is 10.4. The number of ether oxygens (including phenoxy) is 2. The molecule has 0 amide bonds. The molecule has 4 rings (SSSR count). The fourth-order valence-corrected chi connectivity index (χ4v) is 3.71. The van der Waals surface area contributed by atoms with Gasteiger partial charge in [0.15, 0.2) is 6.61 Å². The summed E-state index contributed by atoms with van der Waals surface area (Å²) in [6.07, 6.45) is -0.202. The molecular formula is C25H22FNO6. The van der Waals surface area contributed by atoms with Crippen molar-refractivity contribution >= 4 is 12.1 Å². The van der Waals surface area contributed by atoms with Crippen molar-refractivity contribution in [3.05, 3.63) is 89.2 Å². The van der Waals surface area contributed by atoms with Crippen LogP contribution in [0.25, 0.3) is 11.1 Å². The summed E-state index contributed by atoms with van der Waals surface area (Å²) in [7, 11) is 0. The number of halogens is 1. The minimum Gasteiger partial charge on any atom is -0.481 e. The van der Waals surface area contributed by atoms with Crippen LogP contribution in [0, 0.1) is 5.82 Å². The van der Waals surface area contributed by atoms with Gasteiger partial charge in [-0.2, -0.15) is 0 Å². The number of aliphatic carboxylic acids is 1. The molecular weight excluding hydrogens is 429 g/mol. The van der Waals surface area contributed by atoms with Crippen LogP contribution in [-0.2, 0) is 33.9 Å². The summed E-state index contributed by atoms with van der Waals surface area (Å²) in [5, 5.41) is 10.4. The molecule has 3 aromatic carbocycles. The lowest BCUT2D eigenvalue weighted by molar-refractivity contribution is -0.139. The summed E-state index contributed by atoms with van der Waals surface area (Å²) < 4.78 is 24.6. The van der Waals surface area contributed by atoms with Crippen molar-refractivity contribution in [3.8, 4) is 16.9 Å². The van der Waals surface area contributed by atoms with Crippen molar-refractivity contribution < 1.29 is 33.4 Å². The summed E-state index contributed by atoms with van der Waals surface area (Å²) in [6, 6.07) is 18.8. The van der Waals surface area contributed by atoms with Gasteiger partial charge < -0.3 is 19.4 Å². The maximum absolute atomic E-state index is 14.1. The first-order chi connectivity index (χ1) is 16.0. The molecule has 1 aliphatic rings. The second kappa shape index (κ2) is 10.1. The number of fused-ring (bicyclic) bond motifs is 1. The number of nitrogens with zero attached hydrogens (tertiary/aromatic N) is 1. The number of hydrogen-bond acceptors (Lipinski definition) is 6. The predicted octanol–water partition coefficient (Wildman–Crippen LogP) is 4.58. The summed E-state index contributed by atoms with van der Waals surface area (Å²) in [4.78, 5) is 28.5. The van der Waals surface area contributed by atoms with E-state index in [0.29, 0.717) is 24.1 Å². The number of carbonyl (C=O) groups excluding carboxylic acids is 1. The Morgan fingerprint density at radius 1 is 1.00 bits per heavy atom. The molecule has 0 aromatic heterocycles. The third-order valence-corrected chi connectivity index (χ3v) is 5.22. The molecule has 0 spiro atoms. The zero-order valence-electron chi connectivity index (χ0n) is 17.7. The molecule has 0 unspecified atom stereocenters. The quantitative estimate of drug-likeness (QED) is 0.526. The van der Waals surface area contributed by atoms with Crippen LogP contribution in [0.3, 0.4) is 0 Å². The Morgan fingerprint density at radius 3 is 2.61 bits per heavy atom. The monoisotopic (exact) mass is 451 g/mol. The van der Waals surface area contributed by atoms with Gasteiger partial charge in [0, 0.05) is 12.1 Å². The third-order valence-electron chi connectivity index (χ3n) is 5.22. The standard InChI is InChI=1S/C25H22FNO6/c26-19-9-10-23(31-16-24(28)29)21(13-19)20-8-4-7-18-11-12-27(14-22(18)20)33-25(30)32-15-17-5-2-1-3-6-17/h1-10,13H,11-12,14-16H2,(H,28,29). The Morgan fingerprint density at radius 2 is 1.82 bits per heavy atom. The van der Waals surface area contributed by atoms with Gasteiger partial charge in [-0.15, -0.1) is 5.06 Å². The van der Waals surface area contributed by atoms with Gasteiger partial charge in [0.05, 0.1) is 6.54 Å². The highest BCUT2D eigenvalue weighted by atomic mass is 19.1. The lowest BCUT2D eigenvalue weighted by Gasteiger charge is -2.28. The van der Waals surface area contributed by atoms with E-state index in [2.05, 4.69) is 0 Å². The van der Waals surface area contributed by atoms with Crippen LogP contribution in [0.15, 0.2) is 66.7 Å². The van der Waals surface area contributed by atoms with E-state index in [9.17, 15) is 14.0 Å². The van der Waals surface area contributed by atoms with Crippen molar-refractivity contribution in [3.63, 3.8) is 0 Å². The summed E-state index contributed by atoms with van der Waals surface area (Å²) in [5.74, 6) is -1.35. The molecule has 1 heterocycles. The number of carboxylic acid groups (broad SMARTS) is 1. The molecule has 0 aliphatic carbocycles. The molecule has 8 heteroatoms. The van der Waals surface area contributed by atoms with E-state index in [1.54, 1.807) is 6.07 Å². The third kappa shape index (κ3) is 5.67. The highest BCUT2D eigenvalue weighted by Crippen LogP contribution is 2.36. The van der Waals surface area contributed by atoms with Gasteiger partial charge in [-0.3, -0.25) is 0 Å². The molecule has 7 nitrogen and oxygen atoms in total. The van der Waals surface area contributed by atoms with E-state index in [1.807, 2.05) is 42.5 Å². The fraction of sp³-hybridized carbons (Fsp3) is 0.200. The Bertz CT molecular complexity index is 1150. The van der Waals surface area contributed by atoms with Gasteiger partial charge in [0.1, 0.15) is 18.2 Å². The largest absolute Gasteiger partial charge is 0.528 e. The second-order valence-corrected chi connectivity index (χ2v) is 7.50. The molecule has 0 atom stereocenters. The Hall–Kier alpha value is -3.91. The van der Waals surface area contributed by atoms with Gasteiger partial charge in [-0.1, -0.05) is 48.5 Å². The number of hydrogen-bond donors (Lipinski definition) is 1. The van der Waals surface area contributed by atoms with Crippen LogP contribution >= 0.6 is 0 Å². The summed E-state index contributed by atoms with van der Waals surface area (Å²) in [5.41, 5.74) is 3.82. The van der Waals surface area contributed by atoms with Crippen molar-refractivity contribution in [1.82, 2.24) is 5.06 Å². The average Bonchev–Trinajstić information content (AvgIpc) is 2.82. The molecule has 33 heavy (non-hydrogen) atoms. The topological polar surface area (TPSA) is 85.3 Å². The van der Waals surface area contributed by atoms with Crippen LogP contribution in [0.1, 0.15) is 16.7 Å². The van der Waals surface area contributed by atoms with Gasteiger partial charge >= 0.3 is 12.1 Å². The minimum absolute atomic E-state index is 0.100. The van der Waals surface area contributed by atoms with Gasteiger partial charge in [0.25, 0.3) is 0 Å². The number of carboxylic acids is 1. The SMILES string of the molecule is O=C(O)COc1ccc(F)cc1-c1cccc2c1CN(OC(=O)OCc1ccccc1)CC2. The van der Waals surface area contributed by atoms with E-state index in [0.717, 1.165) is 16.7 Å². The van der Waals surface area contributed by atoms with Gasteiger partial charge in [-0.05, 0) is 46.9 Å². The van der Waals surface area contributed by atoms with Crippen LogP contribution in [0.4, 0.5) is 9.18 Å². The van der Waals surface area contributed by atoms with E-state index in [-0.39, 0.29) is 18.9 Å². The van der Waals surface area contributed by atoms with E-state index in [4.69, 9.17) is 19.4 Å². The van der Waals surface area contributed by atoms with Crippen LogP contribution in [-0.4, -0.2) is 35.4 Å². The Kier molecular flexibility index (Phi) is 6.85. The van der Waals surface area contributed by atoms with E-state index in [1.165, 1.54) is 23.3 Å². The van der Waals surface area contributed by atoms with Crippen molar-refractivity contribution in [2.75, 3.05) is 13.2 Å². The highest BCUT2D eigenvalue weighted by Gasteiger charge is 2.24. The Labute approximate surface area is 189 Å². The molecule has 3 aromatic rings. The van der Waals surface area contributed by atoms with Crippen molar-refractivity contribution in [1.29, 1.82) is 0 Å². The first-order valence-electron chi connectivity index (χ1n) is 10.4. The maximum Gasteiger partial charge on any atom is 0.528 e. The number of hydroxylamine groups is 2. The molecule has 170 valence electrons. The summed E-state index contributed by atoms with van der Waals surface area (Å²) in [6.45, 7) is 0.294. The fourth-order valence-electron chi connectivity index (χ4n) is 3.71. The zero-order valence-corrected chi connectivity index (χ0v) is 17.7. The zero-order chi connectivity index (χ0) is 23.2. The van der Waals surface area contributed by atoms with Gasteiger partial charge in [0.2, 0.25) is 0 Å². The predicted molar refractivity (Wildman–Crippen MR) is 117 cm³/mol. The molecule has 0 saturated heterocycles.